The Morgan fingerprint density at radius 2 is 1.97 bits per heavy atom. The molecule has 0 radical (unpaired) electrons. The van der Waals surface area contributed by atoms with E-state index in [1.54, 1.807) is 18.4 Å². The normalized spacial score (nSPS) is 15.5. The number of likely N-dealkylation sites (tertiary alicyclic amines) is 1. The molecule has 2 aromatic rings. The average molecular weight is 544 g/mol. The van der Waals surface area contributed by atoms with Crippen molar-refractivity contribution in [3.8, 4) is 5.75 Å². The molecule has 166 valence electrons. The molecular weight excluding hydrogens is 509 g/mol. The summed E-state index contributed by atoms with van der Waals surface area (Å²) >= 11 is 1.72. The van der Waals surface area contributed by atoms with Gasteiger partial charge in [-0.25, -0.2) is 9.98 Å². The van der Waals surface area contributed by atoms with Gasteiger partial charge in [0.2, 0.25) is 0 Å². The highest BCUT2D eigenvalue weighted by Gasteiger charge is 2.26. The molecule has 30 heavy (non-hydrogen) atoms. The van der Waals surface area contributed by atoms with Crippen LogP contribution in [0.2, 0.25) is 0 Å². The minimum absolute atomic E-state index is 0. The van der Waals surface area contributed by atoms with Gasteiger partial charge in [0.1, 0.15) is 5.75 Å². The molecule has 1 aromatic heterocycles. The second-order valence-electron chi connectivity index (χ2n) is 7.32. The summed E-state index contributed by atoms with van der Waals surface area (Å²) in [7, 11) is 1.75. The van der Waals surface area contributed by atoms with Gasteiger partial charge in [-0.05, 0) is 52.8 Å². The first-order valence-corrected chi connectivity index (χ1v) is 11.3. The van der Waals surface area contributed by atoms with Crippen LogP contribution in [0.15, 0.2) is 29.3 Å². The van der Waals surface area contributed by atoms with E-state index in [9.17, 15) is 0 Å². The number of guanidine groups is 1. The van der Waals surface area contributed by atoms with Gasteiger partial charge in [-0.2, -0.15) is 0 Å². The molecular formula is C22H34IN5OS. The van der Waals surface area contributed by atoms with Crippen LogP contribution in [-0.2, 0) is 6.54 Å². The van der Waals surface area contributed by atoms with Crippen LogP contribution < -0.4 is 15.4 Å². The van der Waals surface area contributed by atoms with Crippen molar-refractivity contribution in [2.45, 2.75) is 46.2 Å². The maximum absolute atomic E-state index is 5.66. The fourth-order valence-electron chi connectivity index (χ4n) is 3.84. The maximum atomic E-state index is 5.66. The van der Waals surface area contributed by atoms with E-state index in [1.807, 2.05) is 19.1 Å². The molecule has 2 N–H and O–H groups in total. The fraction of sp³-hybridized carbons (Fsp3) is 0.545. The van der Waals surface area contributed by atoms with Crippen LogP contribution >= 0.6 is 35.3 Å². The number of benzene rings is 1. The van der Waals surface area contributed by atoms with Crippen molar-refractivity contribution in [3.63, 3.8) is 0 Å². The molecule has 6 nitrogen and oxygen atoms in total. The monoisotopic (exact) mass is 543 g/mol. The smallest absolute Gasteiger partial charge is 0.191 e. The van der Waals surface area contributed by atoms with Crippen molar-refractivity contribution in [1.29, 1.82) is 0 Å². The molecule has 0 spiro atoms. The van der Waals surface area contributed by atoms with E-state index >= 15 is 0 Å². The van der Waals surface area contributed by atoms with E-state index in [0.29, 0.717) is 6.54 Å². The molecule has 1 saturated heterocycles. The lowest BCUT2D eigenvalue weighted by Gasteiger charge is -2.30. The summed E-state index contributed by atoms with van der Waals surface area (Å²) in [6, 6.07) is 8.60. The summed E-state index contributed by atoms with van der Waals surface area (Å²) in [6.07, 6.45) is 2.51. The van der Waals surface area contributed by atoms with Gasteiger partial charge in [-0.3, -0.25) is 4.90 Å². The molecule has 0 amide bonds. The van der Waals surface area contributed by atoms with Crippen LogP contribution in [0.5, 0.6) is 5.75 Å². The standard InChI is InChI=1S/C22H33N5OS.HI/c1-5-23-22(25-15-21-16(2)26-17(3)29-21)24-14-19(27-12-8-9-13-27)18-10-6-7-11-20(18)28-4;/h6-7,10-11,19H,5,8-9,12-15H2,1-4H3,(H2,23,24,25);1H. The van der Waals surface area contributed by atoms with E-state index in [0.717, 1.165) is 48.6 Å². The summed E-state index contributed by atoms with van der Waals surface area (Å²) in [4.78, 5) is 13.1. The predicted molar refractivity (Wildman–Crippen MR) is 136 cm³/mol. The minimum Gasteiger partial charge on any atom is -0.496 e. The largest absolute Gasteiger partial charge is 0.496 e. The van der Waals surface area contributed by atoms with E-state index in [-0.39, 0.29) is 30.0 Å². The lowest BCUT2D eigenvalue weighted by Crippen LogP contribution is -2.42. The lowest BCUT2D eigenvalue weighted by atomic mass is 10.0. The number of thiazole rings is 1. The topological polar surface area (TPSA) is 61.8 Å². The number of aliphatic imine (C=N–C) groups is 1. The van der Waals surface area contributed by atoms with Gasteiger partial charge in [-0.1, -0.05) is 18.2 Å². The maximum Gasteiger partial charge on any atom is 0.191 e. The quantitative estimate of drug-likeness (QED) is 0.296. The number of rotatable bonds is 8. The molecule has 3 rings (SSSR count). The summed E-state index contributed by atoms with van der Waals surface area (Å²) < 4.78 is 5.66. The zero-order chi connectivity index (χ0) is 20.6. The van der Waals surface area contributed by atoms with Gasteiger partial charge >= 0.3 is 0 Å². The van der Waals surface area contributed by atoms with Gasteiger partial charge < -0.3 is 15.4 Å². The van der Waals surface area contributed by atoms with Crippen molar-refractivity contribution in [2.75, 3.05) is 33.3 Å². The Balaban J connectivity index is 0.00000320. The van der Waals surface area contributed by atoms with Crippen molar-refractivity contribution < 1.29 is 4.74 Å². The third-order valence-electron chi connectivity index (χ3n) is 5.27. The molecule has 1 aromatic carbocycles. The number of aromatic nitrogens is 1. The number of halogens is 1. The third-order valence-corrected chi connectivity index (χ3v) is 6.32. The number of aryl methyl sites for hydroxylation is 2. The van der Waals surface area contributed by atoms with Crippen LogP contribution in [-0.4, -0.2) is 49.1 Å². The lowest BCUT2D eigenvalue weighted by molar-refractivity contribution is 0.239. The minimum atomic E-state index is 0. The van der Waals surface area contributed by atoms with Gasteiger partial charge in [0.05, 0.1) is 30.4 Å². The SMILES string of the molecule is CCNC(=NCc1sc(C)nc1C)NCC(c1ccccc1OC)N1CCCC1.I. The first kappa shape index (κ1) is 24.9. The first-order valence-electron chi connectivity index (χ1n) is 10.4. The number of hydrogen-bond donors (Lipinski definition) is 2. The van der Waals surface area contributed by atoms with Crippen LogP contribution in [0.25, 0.3) is 0 Å². The molecule has 1 aliphatic heterocycles. The van der Waals surface area contributed by atoms with Gasteiger partial charge in [0.25, 0.3) is 0 Å². The molecule has 2 heterocycles. The fourth-order valence-corrected chi connectivity index (χ4v) is 4.70. The number of nitrogens with one attached hydrogen (secondary N) is 2. The van der Waals surface area contributed by atoms with E-state index in [1.165, 1.54) is 23.3 Å². The van der Waals surface area contributed by atoms with Gasteiger partial charge in [0, 0.05) is 23.5 Å². The van der Waals surface area contributed by atoms with Crippen LogP contribution in [0.4, 0.5) is 0 Å². The molecule has 0 bridgehead atoms. The molecule has 1 unspecified atom stereocenters. The second-order valence-corrected chi connectivity index (χ2v) is 8.61. The molecule has 1 atom stereocenters. The molecule has 8 heteroatoms. The van der Waals surface area contributed by atoms with E-state index < -0.39 is 0 Å². The summed E-state index contributed by atoms with van der Waals surface area (Å²) in [5.74, 6) is 1.79. The molecule has 1 aliphatic rings. The highest BCUT2D eigenvalue weighted by Crippen LogP contribution is 2.31. The van der Waals surface area contributed by atoms with Crippen molar-refractivity contribution >= 4 is 41.3 Å². The highest BCUT2D eigenvalue weighted by atomic mass is 127. The van der Waals surface area contributed by atoms with E-state index in [4.69, 9.17) is 9.73 Å². The zero-order valence-corrected chi connectivity index (χ0v) is 21.5. The highest BCUT2D eigenvalue weighted by molar-refractivity contribution is 14.0. The Hall–Kier alpha value is -1.39. The van der Waals surface area contributed by atoms with Crippen molar-refractivity contribution in [3.05, 3.63) is 45.4 Å². The Bertz CT molecular complexity index is 820. The number of nitrogens with zero attached hydrogens (tertiary/aromatic N) is 3. The number of methoxy groups -OCH3 is 1. The Morgan fingerprint density at radius 1 is 1.23 bits per heavy atom. The summed E-state index contributed by atoms with van der Waals surface area (Å²) in [5, 5.41) is 8.04. The first-order chi connectivity index (χ1) is 14.1. The van der Waals surface area contributed by atoms with Crippen LogP contribution in [0.1, 0.15) is 46.9 Å². The molecule has 1 fully saturated rings. The van der Waals surface area contributed by atoms with Gasteiger partial charge in [0.15, 0.2) is 5.96 Å². The molecule has 0 saturated carbocycles. The van der Waals surface area contributed by atoms with Crippen molar-refractivity contribution in [2.24, 2.45) is 4.99 Å². The second kappa shape index (κ2) is 12.5. The Labute approximate surface area is 201 Å². The molecule has 0 aliphatic carbocycles. The zero-order valence-electron chi connectivity index (χ0n) is 18.4. The summed E-state index contributed by atoms with van der Waals surface area (Å²) in [6.45, 7) is 10.7. The predicted octanol–water partition coefficient (Wildman–Crippen LogP) is 4.28. The number of ether oxygens (including phenoxy) is 1. The Morgan fingerprint density at radius 3 is 2.60 bits per heavy atom. The van der Waals surface area contributed by atoms with Crippen molar-refractivity contribution in [1.82, 2.24) is 20.5 Å². The van der Waals surface area contributed by atoms with E-state index in [2.05, 4.69) is 46.5 Å². The average Bonchev–Trinajstić information content (AvgIpc) is 3.36. The number of hydrogen-bond acceptors (Lipinski definition) is 5. The Kier molecular flexibility index (Phi) is 10.3. The summed E-state index contributed by atoms with van der Waals surface area (Å²) in [5.41, 5.74) is 2.31. The van der Waals surface area contributed by atoms with Gasteiger partial charge in [-0.15, -0.1) is 35.3 Å². The third kappa shape index (κ3) is 6.55. The van der Waals surface area contributed by atoms with Crippen LogP contribution in [0.3, 0.4) is 0 Å². The number of para-hydroxylation sites is 1. The van der Waals surface area contributed by atoms with Crippen LogP contribution in [0, 0.1) is 13.8 Å².